The summed E-state index contributed by atoms with van der Waals surface area (Å²) in [4.78, 5) is 12.2. The van der Waals surface area contributed by atoms with Crippen LogP contribution >= 0.6 is 0 Å². The topological polar surface area (TPSA) is 17.1 Å². The summed E-state index contributed by atoms with van der Waals surface area (Å²) >= 11 is 0. The number of halogens is 1. The van der Waals surface area contributed by atoms with Gasteiger partial charge < -0.3 is 0 Å². The summed E-state index contributed by atoms with van der Waals surface area (Å²) in [5, 5.41) is 0. The Kier molecular flexibility index (Phi) is 4.56. The average Bonchev–Trinajstić information content (AvgIpc) is 2.49. The van der Waals surface area contributed by atoms with Gasteiger partial charge in [0, 0.05) is 12.0 Å². The molecular formula is C19H21FO. The standard InChI is InChI=1S/C19H21FO/c1-4-19(2,3)16-9-7-15(8-10-16)18(21)13-14-5-11-17(20)12-6-14/h5-12H,4,13H2,1-3H3. The molecule has 0 heterocycles. The van der Waals surface area contributed by atoms with Crippen molar-refractivity contribution in [2.24, 2.45) is 0 Å². The molecule has 0 spiro atoms. The second kappa shape index (κ2) is 6.21. The Morgan fingerprint density at radius 3 is 2.10 bits per heavy atom. The Hall–Kier alpha value is -1.96. The largest absolute Gasteiger partial charge is 0.294 e. The highest BCUT2D eigenvalue weighted by atomic mass is 19.1. The molecule has 0 saturated carbocycles. The molecule has 0 amide bonds. The highest BCUT2D eigenvalue weighted by molar-refractivity contribution is 5.97. The van der Waals surface area contributed by atoms with Gasteiger partial charge in [-0.2, -0.15) is 0 Å². The normalized spacial score (nSPS) is 11.4. The summed E-state index contributed by atoms with van der Waals surface area (Å²) < 4.78 is 12.9. The van der Waals surface area contributed by atoms with E-state index in [1.165, 1.54) is 17.7 Å². The van der Waals surface area contributed by atoms with Crippen LogP contribution in [0.5, 0.6) is 0 Å². The van der Waals surface area contributed by atoms with Crippen molar-refractivity contribution in [3.8, 4) is 0 Å². The van der Waals surface area contributed by atoms with Crippen LogP contribution in [0.3, 0.4) is 0 Å². The molecule has 0 unspecified atom stereocenters. The van der Waals surface area contributed by atoms with Gasteiger partial charge in [-0.25, -0.2) is 4.39 Å². The van der Waals surface area contributed by atoms with Gasteiger partial charge in [0.25, 0.3) is 0 Å². The fourth-order valence-electron chi connectivity index (χ4n) is 2.20. The number of rotatable bonds is 5. The van der Waals surface area contributed by atoms with E-state index in [1.54, 1.807) is 12.1 Å². The third-order valence-corrected chi connectivity index (χ3v) is 4.15. The molecular weight excluding hydrogens is 263 g/mol. The van der Waals surface area contributed by atoms with Crippen LogP contribution in [-0.2, 0) is 11.8 Å². The molecule has 21 heavy (non-hydrogen) atoms. The second-order valence-corrected chi connectivity index (χ2v) is 6.04. The number of hydrogen-bond donors (Lipinski definition) is 0. The van der Waals surface area contributed by atoms with Gasteiger partial charge in [0.1, 0.15) is 5.82 Å². The number of carbonyl (C=O) groups is 1. The fraction of sp³-hybridized carbons (Fsp3) is 0.316. The van der Waals surface area contributed by atoms with Gasteiger partial charge in [0.15, 0.2) is 5.78 Å². The van der Waals surface area contributed by atoms with Crippen molar-refractivity contribution in [1.82, 2.24) is 0 Å². The van der Waals surface area contributed by atoms with Crippen LogP contribution in [0.4, 0.5) is 4.39 Å². The van der Waals surface area contributed by atoms with Crippen LogP contribution < -0.4 is 0 Å². The first-order chi connectivity index (χ1) is 9.92. The van der Waals surface area contributed by atoms with Gasteiger partial charge in [-0.1, -0.05) is 57.2 Å². The predicted octanol–water partition coefficient (Wildman–Crippen LogP) is 4.94. The first kappa shape index (κ1) is 15.4. The van der Waals surface area contributed by atoms with Crippen molar-refractivity contribution < 1.29 is 9.18 Å². The van der Waals surface area contributed by atoms with E-state index in [4.69, 9.17) is 0 Å². The Bertz CT molecular complexity index is 609. The van der Waals surface area contributed by atoms with Crippen molar-refractivity contribution in [2.75, 3.05) is 0 Å². The molecule has 2 rings (SSSR count). The molecule has 0 bridgehead atoms. The van der Waals surface area contributed by atoms with Crippen molar-refractivity contribution in [2.45, 2.75) is 39.0 Å². The fourth-order valence-corrected chi connectivity index (χ4v) is 2.20. The first-order valence-electron chi connectivity index (χ1n) is 7.30. The lowest BCUT2D eigenvalue weighted by atomic mass is 9.82. The minimum absolute atomic E-state index is 0.0578. The zero-order valence-corrected chi connectivity index (χ0v) is 12.8. The maximum atomic E-state index is 12.9. The molecule has 0 fully saturated rings. The summed E-state index contributed by atoms with van der Waals surface area (Å²) in [6, 6.07) is 13.9. The number of ketones is 1. The molecule has 0 atom stereocenters. The first-order valence-corrected chi connectivity index (χ1v) is 7.30. The minimum atomic E-state index is -0.280. The van der Waals surface area contributed by atoms with E-state index in [0.29, 0.717) is 12.0 Å². The molecule has 0 saturated heterocycles. The zero-order chi connectivity index (χ0) is 15.5. The summed E-state index contributed by atoms with van der Waals surface area (Å²) in [7, 11) is 0. The van der Waals surface area contributed by atoms with E-state index < -0.39 is 0 Å². The molecule has 0 radical (unpaired) electrons. The van der Waals surface area contributed by atoms with Crippen molar-refractivity contribution in [3.05, 3.63) is 71.0 Å². The summed E-state index contributed by atoms with van der Waals surface area (Å²) in [5.74, 6) is -0.222. The summed E-state index contributed by atoms with van der Waals surface area (Å²) in [6.07, 6.45) is 1.35. The second-order valence-electron chi connectivity index (χ2n) is 6.04. The van der Waals surface area contributed by atoms with Crippen molar-refractivity contribution >= 4 is 5.78 Å². The van der Waals surface area contributed by atoms with E-state index in [0.717, 1.165) is 12.0 Å². The van der Waals surface area contributed by atoms with E-state index in [9.17, 15) is 9.18 Å². The van der Waals surface area contributed by atoms with Crippen LogP contribution in [0.15, 0.2) is 48.5 Å². The molecule has 110 valence electrons. The highest BCUT2D eigenvalue weighted by Gasteiger charge is 2.18. The molecule has 0 aliphatic heterocycles. The van der Waals surface area contributed by atoms with Crippen molar-refractivity contribution in [3.63, 3.8) is 0 Å². The van der Waals surface area contributed by atoms with Gasteiger partial charge in [-0.05, 0) is 35.1 Å². The summed E-state index contributed by atoms with van der Waals surface area (Å²) in [6.45, 7) is 6.55. The van der Waals surface area contributed by atoms with E-state index >= 15 is 0 Å². The van der Waals surface area contributed by atoms with Gasteiger partial charge in [-0.3, -0.25) is 4.79 Å². The number of Topliss-reactive ketones (excluding diaryl/α,β-unsaturated/α-hetero) is 1. The molecule has 0 aromatic heterocycles. The Labute approximate surface area is 125 Å². The Balaban J connectivity index is 2.11. The number of carbonyl (C=O) groups excluding carboxylic acids is 1. The monoisotopic (exact) mass is 284 g/mol. The average molecular weight is 284 g/mol. The van der Waals surface area contributed by atoms with Crippen LogP contribution in [0, 0.1) is 5.82 Å². The van der Waals surface area contributed by atoms with Crippen LogP contribution in [0.25, 0.3) is 0 Å². The molecule has 1 nitrogen and oxygen atoms in total. The van der Waals surface area contributed by atoms with Crippen LogP contribution in [0.2, 0.25) is 0 Å². The molecule has 0 aliphatic rings. The molecule has 2 heteroatoms. The minimum Gasteiger partial charge on any atom is -0.294 e. The van der Waals surface area contributed by atoms with Crippen LogP contribution in [-0.4, -0.2) is 5.78 Å². The van der Waals surface area contributed by atoms with E-state index in [1.807, 2.05) is 24.3 Å². The SMILES string of the molecule is CCC(C)(C)c1ccc(C(=O)Cc2ccc(F)cc2)cc1. The third kappa shape index (κ3) is 3.78. The zero-order valence-electron chi connectivity index (χ0n) is 12.8. The number of benzene rings is 2. The molecule has 2 aromatic carbocycles. The molecule has 2 aromatic rings. The lowest BCUT2D eigenvalue weighted by Gasteiger charge is -2.23. The highest BCUT2D eigenvalue weighted by Crippen LogP contribution is 2.26. The third-order valence-electron chi connectivity index (χ3n) is 4.15. The smallest absolute Gasteiger partial charge is 0.167 e. The maximum absolute atomic E-state index is 12.9. The quantitative estimate of drug-likeness (QED) is 0.711. The Morgan fingerprint density at radius 2 is 1.57 bits per heavy atom. The van der Waals surface area contributed by atoms with Crippen LogP contribution in [0.1, 0.15) is 48.7 Å². The van der Waals surface area contributed by atoms with E-state index in [-0.39, 0.29) is 17.0 Å². The number of hydrogen-bond acceptors (Lipinski definition) is 1. The maximum Gasteiger partial charge on any atom is 0.167 e. The Morgan fingerprint density at radius 1 is 1.00 bits per heavy atom. The lowest BCUT2D eigenvalue weighted by molar-refractivity contribution is 0.0993. The molecule has 0 N–H and O–H groups in total. The lowest BCUT2D eigenvalue weighted by Crippen LogP contribution is -2.15. The summed E-state index contributed by atoms with van der Waals surface area (Å²) in [5.41, 5.74) is 2.90. The van der Waals surface area contributed by atoms with Gasteiger partial charge in [0.2, 0.25) is 0 Å². The van der Waals surface area contributed by atoms with Gasteiger partial charge in [0.05, 0.1) is 0 Å². The van der Waals surface area contributed by atoms with Crippen molar-refractivity contribution in [1.29, 1.82) is 0 Å². The van der Waals surface area contributed by atoms with Gasteiger partial charge in [-0.15, -0.1) is 0 Å². The predicted molar refractivity (Wildman–Crippen MR) is 84.2 cm³/mol. The van der Waals surface area contributed by atoms with E-state index in [2.05, 4.69) is 20.8 Å². The van der Waals surface area contributed by atoms with Gasteiger partial charge >= 0.3 is 0 Å². The molecule has 0 aliphatic carbocycles.